The minimum absolute atomic E-state index is 0.793. The molecule has 0 spiro atoms. The number of nitrogens with zero attached hydrogens (tertiary/aromatic N) is 2. The zero-order valence-electron chi connectivity index (χ0n) is 13.3. The summed E-state index contributed by atoms with van der Waals surface area (Å²) in [5, 5.41) is 3.44. The van der Waals surface area contributed by atoms with Gasteiger partial charge in [0.15, 0.2) is 0 Å². The summed E-state index contributed by atoms with van der Waals surface area (Å²) in [7, 11) is 0. The second-order valence-corrected chi connectivity index (χ2v) is 6.47. The summed E-state index contributed by atoms with van der Waals surface area (Å²) < 4.78 is 5.66. The molecule has 2 saturated heterocycles. The molecule has 21 heavy (non-hydrogen) atoms. The molecule has 0 saturated carbocycles. The smallest absolute Gasteiger partial charge is 0.122 e. The van der Waals surface area contributed by atoms with Crippen LogP contribution in [0.5, 0.6) is 0 Å². The van der Waals surface area contributed by atoms with Crippen molar-refractivity contribution in [2.24, 2.45) is 0 Å². The predicted molar refractivity (Wildman–Crippen MR) is 85.2 cm³/mol. The molecule has 118 valence electrons. The van der Waals surface area contributed by atoms with Crippen LogP contribution in [-0.2, 0) is 13.1 Å². The first kappa shape index (κ1) is 15.1. The molecule has 1 N–H and O–H groups in total. The average Bonchev–Trinajstić information content (AvgIpc) is 2.95. The molecule has 3 heterocycles. The number of fused-ring (bicyclic) bond motifs is 1. The van der Waals surface area contributed by atoms with Crippen LogP contribution in [0.2, 0.25) is 0 Å². The zero-order chi connectivity index (χ0) is 14.5. The lowest BCUT2D eigenvalue weighted by molar-refractivity contribution is 0.0454. The van der Waals surface area contributed by atoms with Gasteiger partial charge in [-0.3, -0.25) is 9.80 Å². The third-order valence-electron chi connectivity index (χ3n) is 4.87. The van der Waals surface area contributed by atoms with Crippen molar-refractivity contribution >= 4 is 0 Å². The molecule has 1 aromatic heterocycles. The fraction of sp³-hybridized carbons (Fsp3) is 0.765. The van der Waals surface area contributed by atoms with E-state index in [1.165, 1.54) is 57.4 Å². The fourth-order valence-electron chi connectivity index (χ4n) is 3.65. The van der Waals surface area contributed by atoms with Crippen molar-refractivity contribution in [2.75, 3.05) is 32.7 Å². The molecule has 4 heteroatoms. The fourth-order valence-corrected chi connectivity index (χ4v) is 3.65. The highest BCUT2D eigenvalue weighted by Crippen LogP contribution is 2.23. The maximum Gasteiger partial charge on any atom is 0.122 e. The second kappa shape index (κ2) is 7.43. The normalized spacial score (nSPS) is 24.1. The van der Waals surface area contributed by atoms with Gasteiger partial charge in [0.25, 0.3) is 0 Å². The van der Waals surface area contributed by atoms with Crippen molar-refractivity contribution in [2.45, 2.75) is 51.7 Å². The summed E-state index contributed by atoms with van der Waals surface area (Å²) in [5.41, 5.74) is 1.36. The van der Waals surface area contributed by atoms with Gasteiger partial charge in [0.05, 0.1) is 12.8 Å². The lowest BCUT2D eigenvalue weighted by Crippen LogP contribution is -2.54. The highest BCUT2D eigenvalue weighted by atomic mass is 16.3. The Bertz CT molecular complexity index is 431. The molecule has 2 fully saturated rings. The van der Waals surface area contributed by atoms with Gasteiger partial charge < -0.3 is 9.73 Å². The van der Waals surface area contributed by atoms with Crippen LogP contribution in [0.4, 0.5) is 0 Å². The van der Waals surface area contributed by atoms with Gasteiger partial charge in [-0.25, -0.2) is 0 Å². The summed E-state index contributed by atoms with van der Waals surface area (Å²) in [6.07, 6.45) is 7.19. The van der Waals surface area contributed by atoms with E-state index >= 15 is 0 Å². The number of piperazine rings is 1. The van der Waals surface area contributed by atoms with E-state index in [-0.39, 0.29) is 0 Å². The van der Waals surface area contributed by atoms with Crippen molar-refractivity contribution < 1.29 is 4.42 Å². The van der Waals surface area contributed by atoms with E-state index in [9.17, 15) is 0 Å². The Hall–Kier alpha value is -0.840. The van der Waals surface area contributed by atoms with Crippen molar-refractivity contribution in [3.8, 4) is 0 Å². The van der Waals surface area contributed by atoms with Gasteiger partial charge in [-0.15, -0.1) is 0 Å². The van der Waals surface area contributed by atoms with E-state index in [2.05, 4.69) is 28.1 Å². The standard InChI is InChI=1S/C17H29N3O/c1-2-7-18-12-17-15(6-11-21-17)13-19-9-10-20-8-4-3-5-16(20)14-19/h6,11,16,18H,2-5,7-10,12-14H2,1H3. The molecule has 1 unspecified atom stereocenters. The topological polar surface area (TPSA) is 31.7 Å². The van der Waals surface area contributed by atoms with Crippen LogP contribution in [0.3, 0.4) is 0 Å². The molecule has 2 aliphatic heterocycles. The monoisotopic (exact) mass is 291 g/mol. The highest BCUT2D eigenvalue weighted by molar-refractivity contribution is 5.17. The molecular weight excluding hydrogens is 262 g/mol. The van der Waals surface area contributed by atoms with Crippen LogP contribution in [0.1, 0.15) is 43.9 Å². The predicted octanol–water partition coefficient (Wildman–Crippen LogP) is 2.45. The summed E-state index contributed by atoms with van der Waals surface area (Å²) in [4.78, 5) is 5.31. The molecule has 0 radical (unpaired) electrons. The molecule has 0 amide bonds. The molecule has 0 bridgehead atoms. The van der Waals surface area contributed by atoms with Crippen molar-refractivity contribution in [1.29, 1.82) is 0 Å². The molecule has 2 aliphatic rings. The van der Waals surface area contributed by atoms with E-state index in [0.29, 0.717) is 0 Å². The Morgan fingerprint density at radius 1 is 1.29 bits per heavy atom. The SMILES string of the molecule is CCCNCc1occc1CN1CCN2CCCCC2C1. The third-order valence-corrected chi connectivity index (χ3v) is 4.87. The van der Waals surface area contributed by atoms with E-state index in [4.69, 9.17) is 4.42 Å². The quantitative estimate of drug-likeness (QED) is 0.816. The Morgan fingerprint density at radius 3 is 3.14 bits per heavy atom. The molecule has 1 aromatic rings. The van der Waals surface area contributed by atoms with Crippen molar-refractivity contribution in [3.05, 3.63) is 23.7 Å². The zero-order valence-corrected chi connectivity index (χ0v) is 13.3. The Kier molecular flexibility index (Phi) is 5.33. The van der Waals surface area contributed by atoms with Crippen molar-refractivity contribution in [1.82, 2.24) is 15.1 Å². The molecule has 3 rings (SSSR count). The molecule has 4 nitrogen and oxygen atoms in total. The van der Waals surface area contributed by atoms with Crippen molar-refractivity contribution in [3.63, 3.8) is 0 Å². The molecule has 0 aromatic carbocycles. The summed E-state index contributed by atoms with van der Waals surface area (Å²) in [6.45, 7) is 10.1. The van der Waals surface area contributed by atoms with E-state index in [1.807, 2.05) is 6.26 Å². The van der Waals surface area contributed by atoms with Gasteiger partial charge in [-0.2, -0.15) is 0 Å². The van der Waals surface area contributed by atoms with Gasteiger partial charge in [0.2, 0.25) is 0 Å². The summed E-state index contributed by atoms with van der Waals surface area (Å²) in [5.74, 6) is 1.12. The van der Waals surface area contributed by atoms with Gasteiger partial charge in [-0.1, -0.05) is 13.3 Å². The summed E-state index contributed by atoms with van der Waals surface area (Å²) >= 11 is 0. The second-order valence-electron chi connectivity index (χ2n) is 6.47. The number of hydrogen-bond acceptors (Lipinski definition) is 4. The Labute approximate surface area is 128 Å². The number of furan rings is 1. The minimum atomic E-state index is 0.793. The molecular formula is C17H29N3O. The maximum atomic E-state index is 5.66. The Balaban J connectivity index is 1.53. The van der Waals surface area contributed by atoms with Crippen LogP contribution in [0.25, 0.3) is 0 Å². The lowest BCUT2D eigenvalue weighted by Gasteiger charge is -2.44. The first-order valence-electron chi connectivity index (χ1n) is 8.59. The third kappa shape index (κ3) is 3.87. The van der Waals surface area contributed by atoms with Crippen LogP contribution >= 0.6 is 0 Å². The van der Waals surface area contributed by atoms with Crippen LogP contribution < -0.4 is 5.32 Å². The number of piperidine rings is 1. The lowest BCUT2D eigenvalue weighted by atomic mass is 9.99. The van der Waals surface area contributed by atoms with Gasteiger partial charge in [0.1, 0.15) is 5.76 Å². The van der Waals surface area contributed by atoms with Gasteiger partial charge in [-0.05, 0) is 38.4 Å². The van der Waals surface area contributed by atoms with Crippen LogP contribution in [-0.4, -0.2) is 48.6 Å². The number of nitrogens with one attached hydrogen (secondary N) is 1. The van der Waals surface area contributed by atoms with E-state index < -0.39 is 0 Å². The van der Waals surface area contributed by atoms with E-state index in [0.717, 1.165) is 31.4 Å². The van der Waals surface area contributed by atoms with Crippen LogP contribution in [0, 0.1) is 0 Å². The summed E-state index contributed by atoms with van der Waals surface area (Å²) in [6, 6.07) is 2.94. The molecule has 1 atom stereocenters. The first-order chi connectivity index (χ1) is 10.4. The highest BCUT2D eigenvalue weighted by Gasteiger charge is 2.29. The minimum Gasteiger partial charge on any atom is -0.468 e. The van der Waals surface area contributed by atoms with Gasteiger partial charge in [0, 0.05) is 37.8 Å². The number of hydrogen-bond donors (Lipinski definition) is 1. The Morgan fingerprint density at radius 2 is 2.24 bits per heavy atom. The number of rotatable bonds is 6. The van der Waals surface area contributed by atoms with Gasteiger partial charge >= 0.3 is 0 Å². The maximum absolute atomic E-state index is 5.66. The average molecular weight is 291 g/mol. The molecule has 0 aliphatic carbocycles. The largest absolute Gasteiger partial charge is 0.468 e. The van der Waals surface area contributed by atoms with Crippen LogP contribution in [0.15, 0.2) is 16.7 Å². The van der Waals surface area contributed by atoms with E-state index in [1.54, 1.807) is 0 Å². The first-order valence-corrected chi connectivity index (χ1v) is 8.59.